The molecule has 0 aromatic heterocycles. The Labute approximate surface area is 99.8 Å². The van der Waals surface area contributed by atoms with Crippen LogP contribution in [0.2, 0.25) is 0 Å². The molecule has 0 aliphatic rings. The minimum absolute atomic E-state index is 0.180. The van der Waals surface area contributed by atoms with E-state index in [4.69, 9.17) is 5.73 Å². The van der Waals surface area contributed by atoms with E-state index in [1.54, 1.807) is 18.2 Å². The van der Waals surface area contributed by atoms with Gasteiger partial charge in [-0.25, -0.2) is 13.2 Å². The average molecular weight is 245 g/mol. The zero-order valence-electron chi connectivity index (χ0n) is 9.76. The maximum Gasteiger partial charge on any atom is 0.248 e. The van der Waals surface area contributed by atoms with Crippen LogP contribution in [0.5, 0.6) is 0 Å². The molecule has 0 unspecified atom stereocenters. The van der Waals surface area contributed by atoms with Crippen LogP contribution in [0.25, 0.3) is 0 Å². The van der Waals surface area contributed by atoms with Gasteiger partial charge in [-0.3, -0.25) is 0 Å². The zero-order chi connectivity index (χ0) is 12.7. The second-order valence-corrected chi connectivity index (χ2v) is 4.19. The summed E-state index contributed by atoms with van der Waals surface area (Å²) >= 11 is 0. The summed E-state index contributed by atoms with van der Waals surface area (Å²) in [6.45, 7) is 0.281. The Hall–Kier alpha value is -1.03. The Kier molecular flexibility index (Phi) is 5.48. The van der Waals surface area contributed by atoms with E-state index in [0.29, 0.717) is 24.8 Å². The molecular weight excluding hydrogens is 227 g/mol. The molecule has 0 bridgehead atoms. The third kappa shape index (κ3) is 5.22. The molecular formula is C13H18F3N. The van der Waals surface area contributed by atoms with Crippen LogP contribution < -0.4 is 5.73 Å². The van der Waals surface area contributed by atoms with Gasteiger partial charge in [-0.05, 0) is 37.4 Å². The van der Waals surface area contributed by atoms with Crippen LogP contribution in [0.3, 0.4) is 0 Å². The van der Waals surface area contributed by atoms with Gasteiger partial charge in [0.25, 0.3) is 0 Å². The summed E-state index contributed by atoms with van der Waals surface area (Å²) < 4.78 is 39.7. The molecule has 0 fully saturated rings. The normalized spacial score (nSPS) is 11.8. The van der Waals surface area contributed by atoms with E-state index in [0.717, 1.165) is 0 Å². The van der Waals surface area contributed by atoms with E-state index >= 15 is 0 Å². The minimum atomic E-state index is -2.68. The molecule has 1 aromatic rings. The Morgan fingerprint density at radius 1 is 1.06 bits per heavy atom. The van der Waals surface area contributed by atoms with Crippen molar-refractivity contribution in [3.8, 4) is 0 Å². The number of halogens is 3. The SMILES string of the molecule is NCCCC(F)(F)CCCc1ccccc1F. The quantitative estimate of drug-likeness (QED) is 0.781. The van der Waals surface area contributed by atoms with Gasteiger partial charge in [0, 0.05) is 12.8 Å². The van der Waals surface area contributed by atoms with Gasteiger partial charge in [0.15, 0.2) is 0 Å². The zero-order valence-corrected chi connectivity index (χ0v) is 9.76. The molecule has 0 amide bonds. The lowest BCUT2D eigenvalue weighted by Gasteiger charge is -2.15. The Morgan fingerprint density at radius 3 is 2.35 bits per heavy atom. The molecule has 0 atom stereocenters. The first-order valence-corrected chi connectivity index (χ1v) is 5.86. The van der Waals surface area contributed by atoms with Crippen molar-refractivity contribution in [2.24, 2.45) is 5.73 Å². The van der Waals surface area contributed by atoms with Crippen LogP contribution in [0.4, 0.5) is 13.2 Å². The summed E-state index contributed by atoms with van der Waals surface area (Å²) in [5, 5.41) is 0. The van der Waals surface area contributed by atoms with Crippen molar-refractivity contribution >= 4 is 0 Å². The Balaban J connectivity index is 2.35. The van der Waals surface area contributed by atoms with Gasteiger partial charge in [0.05, 0.1) is 0 Å². The first-order valence-electron chi connectivity index (χ1n) is 5.86. The highest BCUT2D eigenvalue weighted by Gasteiger charge is 2.27. The molecule has 0 saturated carbocycles. The highest BCUT2D eigenvalue weighted by Crippen LogP contribution is 2.26. The Morgan fingerprint density at radius 2 is 1.71 bits per heavy atom. The van der Waals surface area contributed by atoms with E-state index in [-0.39, 0.29) is 25.2 Å². The largest absolute Gasteiger partial charge is 0.330 e. The topological polar surface area (TPSA) is 26.0 Å². The van der Waals surface area contributed by atoms with Crippen LogP contribution in [-0.4, -0.2) is 12.5 Å². The molecule has 0 spiro atoms. The molecule has 0 heterocycles. The third-order valence-electron chi connectivity index (χ3n) is 2.69. The number of benzene rings is 1. The van der Waals surface area contributed by atoms with Crippen LogP contribution in [0.1, 0.15) is 31.2 Å². The third-order valence-corrected chi connectivity index (χ3v) is 2.69. The molecule has 0 aliphatic heterocycles. The van der Waals surface area contributed by atoms with Crippen molar-refractivity contribution in [2.45, 2.75) is 38.0 Å². The molecule has 2 N–H and O–H groups in total. The molecule has 1 rings (SSSR count). The first kappa shape index (κ1) is 14.0. The smallest absolute Gasteiger partial charge is 0.248 e. The van der Waals surface area contributed by atoms with E-state index < -0.39 is 5.92 Å². The number of hydrogen-bond acceptors (Lipinski definition) is 1. The first-order chi connectivity index (χ1) is 8.05. The summed E-state index contributed by atoms with van der Waals surface area (Å²) in [5.74, 6) is -3.00. The molecule has 0 saturated heterocycles. The molecule has 17 heavy (non-hydrogen) atoms. The van der Waals surface area contributed by atoms with Crippen LogP contribution in [-0.2, 0) is 6.42 Å². The minimum Gasteiger partial charge on any atom is -0.330 e. The van der Waals surface area contributed by atoms with Crippen molar-refractivity contribution in [3.05, 3.63) is 35.6 Å². The fourth-order valence-corrected chi connectivity index (χ4v) is 1.72. The summed E-state index contributed by atoms with van der Waals surface area (Å²) in [6.07, 6.45) is 0.582. The predicted molar refractivity (Wildman–Crippen MR) is 62.6 cm³/mol. The lowest BCUT2D eigenvalue weighted by Crippen LogP contribution is -2.18. The molecule has 96 valence electrons. The number of rotatable bonds is 7. The number of alkyl halides is 2. The summed E-state index contributed by atoms with van der Waals surface area (Å²) in [5.41, 5.74) is 5.69. The Bertz CT molecular complexity index is 339. The van der Waals surface area contributed by atoms with E-state index in [9.17, 15) is 13.2 Å². The van der Waals surface area contributed by atoms with Crippen molar-refractivity contribution in [1.29, 1.82) is 0 Å². The van der Waals surface area contributed by atoms with Gasteiger partial charge >= 0.3 is 0 Å². The maximum absolute atomic E-state index is 13.3. The average Bonchev–Trinajstić information content (AvgIpc) is 2.29. The second kappa shape index (κ2) is 6.64. The summed E-state index contributed by atoms with van der Waals surface area (Å²) in [4.78, 5) is 0. The molecule has 0 aliphatic carbocycles. The lowest BCUT2D eigenvalue weighted by molar-refractivity contribution is -0.0189. The predicted octanol–water partition coefficient (Wildman–Crippen LogP) is 3.52. The van der Waals surface area contributed by atoms with Gasteiger partial charge in [-0.2, -0.15) is 0 Å². The fourth-order valence-electron chi connectivity index (χ4n) is 1.72. The number of hydrogen-bond donors (Lipinski definition) is 1. The number of nitrogens with two attached hydrogens (primary N) is 1. The highest BCUT2D eigenvalue weighted by atomic mass is 19.3. The van der Waals surface area contributed by atoms with E-state index in [1.165, 1.54) is 6.07 Å². The van der Waals surface area contributed by atoms with Crippen molar-refractivity contribution in [3.63, 3.8) is 0 Å². The van der Waals surface area contributed by atoms with Gasteiger partial charge < -0.3 is 5.73 Å². The van der Waals surface area contributed by atoms with Crippen molar-refractivity contribution < 1.29 is 13.2 Å². The summed E-state index contributed by atoms with van der Waals surface area (Å²) in [7, 11) is 0. The van der Waals surface area contributed by atoms with Crippen LogP contribution in [0.15, 0.2) is 24.3 Å². The van der Waals surface area contributed by atoms with Gasteiger partial charge in [-0.15, -0.1) is 0 Å². The second-order valence-electron chi connectivity index (χ2n) is 4.19. The van der Waals surface area contributed by atoms with Gasteiger partial charge in [0.1, 0.15) is 5.82 Å². The molecule has 4 heteroatoms. The van der Waals surface area contributed by atoms with E-state index in [2.05, 4.69) is 0 Å². The van der Waals surface area contributed by atoms with E-state index in [1.807, 2.05) is 0 Å². The summed E-state index contributed by atoms with van der Waals surface area (Å²) in [6, 6.07) is 6.29. The van der Waals surface area contributed by atoms with Crippen LogP contribution >= 0.6 is 0 Å². The van der Waals surface area contributed by atoms with Crippen molar-refractivity contribution in [1.82, 2.24) is 0 Å². The monoisotopic (exact) mass is 245 g/mol. The van der Waals surface area contributed by atoms with Gasteiger partial charge in [-0.1, -0.05) is 18.2 Å². The lowest BCUT2D eigenvalue weighted by atomic mass is 10.0. The van der Waals surface area contributed by atoms with Crippen molar-refractivity contribution in [2.75, 3.05) is 6.54 Å². The highest BCUT2D eigenvalue weighted by molar-refractivity contribution is 5.17. The molecule has 1 nitrogen and oxygen atoms in total. The molecule has 1 aromatic carbocycles. The molecule has 0 radical (unpaired) electrons. The maximum atomic E-state index is 13.3. The fraction of sp³-hybridized carbons (Fsp3) is 0.538. The van der Waals surface area contributed by atoms with Crippen LogP contribution in [0, 0.1) is 5.82 Å². The number of aryl methyl sites for hydroxylation is 1. The standard InChI is InChI=1S/C13H18F3N/c14-12-7-2-1-5-11(12)6-3-8-13(15,16)9-4-10-17/h1-2,5,7H,3-4,6,8-10,17H2. The van der Waals surface area contributed by atoms with Gasteiger partial charge in [0.2, 0.25) is 5.92 Å².